The van der Waals surface area contributed by atoms with Crippen LogP contribution in [0.3, 0.4) is 0 Å². The number of ether oxygens (including phenoxy) is 2. The molecule has 0 aromatic heterocycles. The van der Waals surface area contributed by atoms with Gasteiger partial charge in [-0.25, -0.2) is 4.74 Å². The number of hydrogen-bond donors (Lipinski definition) is 0. The molecule has 2 rings (SSSR count). The fourth-order valence-corrected chi connectivity index (χ4v) is 3.05. The quantitative estimate of drug-likeness (QED) is 0.182. The average molecular weight is 333 g/mol. The van der Waals surface area contributed by atoms with Crippen LogP contribution in [0.2, 0.25) is 0 Å². The van der Waals surface area contributed by atoms with Gasteiger partial charge in [0.25, 0.3) is 0 Å². The van der Waals surface area contributed by atoms with Gasteiger partial charge in [-0.3, -0.25) is 0 Å². The van der Waals surface area contributed by atoms with Gasteiger partial charge >= 0.3 is 0 Å². The number of fused-ring (bicyclic) bond motifs is 1. The molecule has 0 radical (unpaired) electrons. The van der Waals surface area contributed by atoms with Crippen molar-refractivity contribution in [2.75, 3.05) is 6.79 Å². The van der Waals surface area contributed by atoms with Gasteiger partial charge in [-0.1, -0.05) is 58.8 Å². The Bertz CT molecular complexity index is 528. The monoisotopic (exact) mass is 333 g/mol. The minimum Gasteiger partial charge on any atom is -0.624 e. The van der Waals surface area contributed by atoms with E-state index in [2.05, 4.69) is 13.8 Å². The minimum atomic E-state index is 0.265. The summed E-state index contributed by atoms with van der Waals surface area (Å²) in [5.74, 6) is 1.82. The molecule has 1 heterocycles. The summed E-state index contributed by atoms with van der Waals surface area (Å²) in [7, 11) is 0. The van der Waals surface area contributed by atoms with Crippen molar-refractivity contribution >= 4 is 6.21 Å². The van der Waals surface area contributed by atoms with E-state index in [-0.39, 0.29) is 6.79 Å². The summed E-state index contributed by atoms with van der Waals surface area (Å²) in [6.07, 6.45) is 12.1. The van der Waals surface area contributed by atoms with Gasteiger partial charge in [0.15, 0.2) is 24.3 Å². The van der Waals surface area contributed by atoms with Crippen LogP contribution in [0.4, 0.5) is 0 Å². The van der Waals surface area contributed by atoms with E-state index in [1.165, 1.54) is 44.9 Å². The molecular formula is C20H31NO3. The Hall–Kier alpha value is -1.71. The molecule has 1 unspecified atom stereocenters. The van der Waals surface area contributed by atoms with Gasteiger partial charge in [0.05, 0.1) is 0 Å². The van der Waals surface area contributed by atoms with Crippen LogP contribution in [0, 0.1) is 11.1 Å². The highest BCUT2D eigenvalue weighted by Gasteiger charge is 2.14. The standard InChI is InChI=1S/C20H31NO3/c1-3-4-5-6-7-8-9-10-17(2)14-21(22)15-18-11-12-19-20(13-18)24-16-23-19/h11-14,17H,3-10,15-16H2,1-2H3/b21-14+. The lowest BCUT2D eigenvalue weighted by molar-refractivity contribution is -0.472. The first kappa shape index (κ1) is 18.6. The smallest absolute Gasteiger partial charge is 0.231 e. The molecule has 0 N–H and O–H groups in total. The van der Waals surface area contributed by atoms with Crippen molar-refractivity contribution in [2.24, 2.45) is 5.92 Å². The van der Waals surface area contributed by atoms with Crippen molar-refractivity contribution in [3.05, 3.63) is 29.0 Å². The Morgan fingerprint density at radius 1 is 1.08 bits per heavy atom. The molecule has 4 heteroatoms. The van der Waals surface area contributed by atoms with E-state index in [9.17, 15) is 5.21 Å². The Morgan fingerprint density at radius 2 is 1.79 bits per heavy atom. The van der Waals surface area contributed by atoms with Gasteiger partial charge in [0.1, 0.15) is 0 Å². The summed E-state index contributed by atoms with van der Waals surface area (Å²) in [6.45, 7) is 5.00. The first-order valence-electron chi connectivity index (χ1n) is 9.36. The first-order chi connectivity index (χ1) is 11.7. The van der Waals surface area contributed by atoms with E-state index >= 15 is 0 Å². The maximum Gasteiger partial charge on any atom is 0.231 e. The summed E-state index contributed by atoms with van der Waals surface area (Å²) in [5.41, 5.74) is 0.952. The predicted octanol–water partition coefficient (Wildman–Crippen LogP) is 5.27. The highest BCUT2D eigenvalue weighted by molar-refractivity contribution is 5.54. The summed E-state index contributed by atoms with van der Waals surface area (Å²) < 4.78 is 11.7. The van der Waals surface area contributed by atoms with Gasteiger partial charge < -0.3 is 14.7 Å². The van der Waals surface area contributed by atoms with E-state index in [0.717, 1.165) is 28.2 Å². The summed E-state index contributed by atoms with van der Waals surface area (Å²) in [4.78, 5) is 0. The van der Waals surface area contributed by atoms with Crippen molar-refractivity contribution < 1.29 is 14.2 Å². The Balaban J connectivity index is 1.66. The van der Waals surface area contributed by atoms with Crippen molar-refractivity contribution in [3.63, 3.8) is 0 Å². The second kappa shape index (κ2) is 10.2. The molecule has 1 aliphatic heterocycles. The fraction of sp³-hybridized carbons (Fsp3) is 0.650. The van der Waals surface area contributed by atoms with Crippen LogP contribution >= 0.6 is 0 Å². The number of unbranched alkanes of at least 4 members (excludes halogenated alkanes) is 6. The molecule has 0 bridgehead atoms. The van der Waals surface area contributed by atoms with E-state index in [4.69, 9.17) is 9.47 Å². The summed E-state index contributed by atoms with van der Waals surface area (Å²) >= 11 is 0. The van der Waals surface area contributed by atoms with E-state index in [1.54, 1.807) is 0 Å². The highest BCUT2D eigenvalue weighted by atomic mass is 16.7. The van der Waals surface area contributed by atoms with Crippen molar-refractivity contribution in [2.45, 2.75) is 71.8 Å². The predicted molar refractivity (Wildman–Crippen MR) is 97.7 cm³/mol. The van der Waals surface area contributed by atoms with E-state index in [0.29, 0.717) is 12.5 Å². The van der Waals surface area contributed by atoms with Crippen LogP contribution in [0.15, 0.2) is 18.2 Å². The van der Waals surface area contributed by atoms with Crippen molar-refractivity contribution in [1.82, 2.24) is 0 Å². The van der Waals surface area contributed by atoms with Crippen LogP contribution in [0.5, 0.6) is 11.5 Å². The number of hydroxylamine groups is 1. The van der Waals surface area contributed by atoms with Gasteiger partial charge in [-0.05, 0) is 24.6 Å². The molecule has 4 nitrogen and oxygen atoms in total. The van der Waals surface area contributed by atoms with Crippen LogP contribution < -0.4 is 9.47 Å². The Morgan fingerprint density at radius 3 is 2.58 bits per heavy atom. The van der Waals surface area contributed by atoms with Crippen molar-refractivity contribution in [3.8, 4) is 11.5 Å². The zero-order valence-electron chi connectivity index (χ0n) is 15.1. The van der Waals surface area contributed by atoms with Crippen LogP contribution in [-0.4, -0.2) is 17.7 Å². The van der Waals surface area contributed by atoms with Gasteiger partial charge in [-0.15, -0.1) is 0 Å². The highest BCUT2D eigenvalue weighted by Crippen LogP contribution is 2.32. The Kier molecular flexibility index (Phi) is 7.93. The lowest BCUT2D eigenvalue weighted by Crippen LogP contribution is -2.10. The molecule has 0 amide bonds. The molecule has 0 saturated heterocycles. The maximum atomic E-state index is 12.1. The summed E-state index contributed by atoms with van der Waals surface area (Å²) in [6, 6.07) is 5.68. The lowest BCUT2D eigenvalue weighted by atomic mass is 10.0. The molecule has 1 aromatic carbocycles. The largest absolute Gasteiger partial charge is 0.624 e. The second-order valence-electron chi connectivity index (χ2n) is 6.80. The second-order valence-corrected chi connectivity index (χ2v) is 6.80. The third-order valence-electron chi connectivity index (χ3n) is 4.46. The molecular weight excluding hydrogens is 302 g/mol. The minimum absolute atomic E-state index is 0.265. The molecule has 0 aliphatic carbocycles. The van der Waals surface area contributed by atoms with Crippen LogP contribution in [0.1, 0.15) is 70.8 Å². The molecule has 1 aromatic rings. The topological polar surface area (TPSA) is 44.5 Å². The van der Waals surface area contributed by atoms with Gasteiger partial charge in [-0.2, -0.15) is 0 Å². The zero-order chi connectivity index (χ0) is 17.2. The molecule has 0 spiro atoms. The molecule has 1 aliphatic rings. The number of benzene rings is 1. The molecule has 0 fully saturated rings. The first-order valence-corrected chi connectivity index (χ1v) is 9.36. The number of rotatable bonds is 11. The summed E-state index contributed by atoms with van der Waals surface area (Å²) in [5, 5.41) is 12.1. The maximum absolute atomic E-state index is 12.1. The number of hydrogen-bond acceptors (Lipinski definition) is 3. The zero-order valence-corrected chi connectivity index (χ0v) is 15.1. The Labute approximate surface area is 146 Å². The SMILES string of the molecule is CCCCCCCCCC(C)/C=[N+](/[O-])Cc1ccc2c(c1)OCO2. The molecule has 134 valence electrons. The third-order valence-corrected chi connectivity index (χ3v) is 4.46. The van der Waals surface area contributed by atoms with Gasteiger partial charge in [0.2, 0.25) is 6.79 Å². The lowest BCUT2D eigenvalue weighted by Gasteiger charge is -2.09. The average Bonchev–Trinajstić information content (AvgIpc) is 3.01. The van der Waals surface area contributed by atoms with Crippen LogP contribution in [0.25, 0.3) is 0 Å². The van der Waals surface area contributed by atoms with Crippen LogP contribution in [-0.2, 0) is 6.54 Å². The van der Waals surface area contributed by atoms with Gasteiger partial charge in [0, 0.05) is 11.5 Å². The molecule has 0 saturated carbocycles. The van der Waals surface area contributed by atoms with E-state index < -0.39 is 0 Å². The van der Waals surface area contributed by atoms with Crippen molar-refractivity contribution in [1.29, 1.82) is 0 Å². The fourth-order valence-electron chi connectivity index (χ4n) is 3.05. The van der Waals surface area contributed by atoms with E-state index in [1.807, 2.05) is 24.4 Å². The third kappa shape index (κ3) is 6.42. The molecule has 1 atom stereocenters. The number of nitrogens with zero attached hydrogens (tertiary/aromatic N) is 1. The molecule has 24 heavy (non-hydrogen) atoms. The normalized spacial score (nSPS) is 14.8.